The minimum atomic E-state index is -0.0344. The Kier molecular flexibility index (Phi) is 5.08. The van der Waals surface area contributed by atoms with Crippen LogP contribution < -0.4 is 0 Å². The molecule has 1 aliphatic carbocycles. The largest absolute Gasteiger partial charge is 0.462 e. The molecule has 1 aliphatic rings. The lowest BCUT2D eigenvalue weighted by molar-refractivity contribution is -0.159. The van der Waals surface area contributed by atoms with Crippen LogP contribution in [0.15, 0.2) is 0 Å². The normalized spacial score (nSPS) is 26.9. The molecule has 112 valence electrons. The number of carbonyl (C=O) groups is 1. The van der Waals surface area contributed by atoms with Gasteiger partial charge in [0.05, 0.1) is 5.92 Å². The van der Waals surface area contributed by atoms with Crippen molar-refractivity contribution in [3.8, 4) is 0 Å². The summed E-state index contributed by atoms with van der Waals surface area (Å²) in [6.45, 7) is 15.2. The summed E-state index contributed by atoms with van der Waals surface area (Å²) in [4.78, 5) is 12.1. The van der Waals surface area contributed by atoms with E-state index in [1.54, 1.807) is 0 Å². The molecule has 1 rings (SSSR count). The van der Waals surface area contributed by atoms with E-state index in [2.05, 4.69) is 41.5 Å². The number of carbonyl (C=O) groups excluding carboxylic acids is 1. The Morgan fingerprint density at radius 1 is 1.00 bits per heavy atom. The second-order valence-electron chi connectivity index (χ2n) is 8.36. The summed E-state index contributed by atoms with van der Waals surface area (Å²) in [7, 11) is 0. The molecule has 0 aromatic rings. The number of hydrogen-bond acceptors (Lipinski definition) is 2. The molecule has 0 spiro atoms. The Bertz CT molecular complexity index is 298. The minimum Gasteiger partial charge on any atom is -0.462 e. The second kappa shape index (κ2) is 5.85. The van der Waals surface area contributed by atoms with Gasteiger partial charge in [-0.3, -0.25) is 4.79 Å². The Hall–Kier alpha value is -0.530. The summed E-state index contributed by atoms with van der Waals surface area (Å²) in [5.41, 5.74) is 0.368. The van der Waals surface area contributed by atoms with Crippen molar-refractivity contribution < 1.29 is 9.53 Å². The molecule has 0 saturated heterocycles. The molecular weight excluding hydrogens is 236 g/mol. The van der Waals surface area contributed by atoms with Gasteiger partial charge in [0.15, 0.2) is 0 Å². The van der Waals surface area contributed by atoms with Gasteiger partial charge in [0.2, 0.25) is 0 Å². The molecule has 19 heavy (non-hydrogen) atoms. The maximum atomic E-state index is 12.1. The summed E-state index contributed by atoms with van der Waals surface area (Å²) in [6.07, 6.45) is 4.59. The van der Waals surface area contributed by atoms with Gasteiger partial charge in [0, 0.05) is 0 Å². The Balaban J connectivity index is 2.44. The first kappa shape index (κ1) is 16.5. The highest BCUT2D eigenvalue weighted by atomic mass is 16.5. The van der Waals surface area contributed by atoms with E-state index in [4.69, 9.17) is 4.74 Å². The van der Waals surface area contributed by atoms with Crippen LogP contribution in [0.4, 0.5) is 0 Å². The number of hydrogen-bond donors (Lipinski definition) is 0. The van der Waals surface area contributed by atoms with Crippen LogP contribution in [0, 0.1) is 22.7 Å². The molecule has 0 radical (unpaired) electrons. The zero-order chi connectivity index (χ0) is 14.8. The van der Waals surface area contributed by atoms with E-state index in [1.807, 2.05) is 6.92 Å². The maximum Gasteiger partial charge on any atom is 0.309 e. The molecule has 1 saturated carbocycles. The molecular formula is C17H32O2. The van der Waals surface area contributed by atoms with Gasteiger partial charge in [-0.15, -0.1) is 0 Å². The minimum absolute atomic E-state index is 0.0142. The Labute approximate surface area is 119 Å². The van der Waals surface area contributed by atoms with E-state index in [1.165, 1.54) is 12.8 Å². The van der Waals surface area contributed by atoms with Crippen molar-refractivity contribution in [2.45, 2.75) is 80.3 Å². The highest BCUT2D eigenvalue weighted by Crippen LogP contribution is 2.39. The van der Waals surface area contributed by atoms with Crippen LogP contribution in [-0.2, 0) is 9.53 Å². The molecule has 2 heteroatoms. The first-order valence-electron chi connectivity index (χ1n) is 7.72. The topological polar surface area (TPSA) is 26.3 Å². The Morgan fingerprint density at radius 3 is 1.84 bits per heavy atom. The third kappa shape index (κ3) is 4.81. The standard InChI is InChI=1S/C17H32O2/c1-12(16(2,3)4)15(18)19-14-10-8-13(9-11-14)17(5,6)7/h12-14H,8-11H2,1-7H3. The van der Waals surface area contributed by atoms with Gasteiger partial charge < -0.3 is 4.74 Å². The molecule has 0 aromatic carbocycles. The van der Waals surface area contributed by atoms with E-state index >= 15 is 0 Å². The van der Waals surface area contributed by atoms with Gasteiger partial charge in [0.1, 0.15) is 6.10 Å². The molecule has 2 nitrogen and oxygen atoms in total. The fourth-order valence-electron chi connectivity index (χ4n) is 2.67. The molecule has 0 amide bonds. The molecule has 1 fully saturated rings. The predicted molar refractivity (Wildman–Crippen MR) is 79.9 cm³/mol. The molecule has 0 aliphatic heterocycles. The van der Waals surface area contributed by atoms with Gasteiger partial charge in [-0.2, -0.15) is 0 Å². The fraction of sp³-hybridized carbons (Fsp3) is 0.941. The molecule has 0 bridgehead atoms. The van der Waals surface area contributed by atoms with Crippen molar-refractivity contribution in [2.24, 2.45) is 22.7 Å². The van der Waals surface area contributed by atoms with Crippen molar-refractivity contribution in [2.75, 3.05) is 0 Å². The molecule has 0 N–H and O–H groups in total. The first-order chi connectivity index (χ1) is 8.51. The van der Waals surface area contributed by atoms with E-state index in [-0.39, 0.29) is 23.4 Å². The number of esters is 1. The fourth-order valence-corrected chi connectivity index (χ4v) is 2.67. The smallest absolute Gasteiger partial charge is 0.309 e. The second-order valence-corrected chi connectivity index (χ2v) is 8.36. The van der Waals surface area contributed by atoms with Gasteiger partial charge in [-0.25, -0.2) is 0 Å². The van der Waals surface area contributed by atoms with Crippen LogP contribution in [0.25, 0.3) is 0 Å². The van der Waals surface area contributed by atoms with Gasteiger partial charge >= 0.3 is 5.97 Å². The number of ether oxygens (including phenoxy) is 1. The first-order valence-corrected chi connectivity index (χ1v) is 7.72. The maximum absolute atomic E-state index is 12.1. The van der Waals surface area contributed by atoms with Gasteiger partial charge in [-0.05, 0) is 42.4 Å². The zero-order valence-electron chi connectivity index (χ0n) is 13.9. The van der Waals surface area contributed by atoms with Crippen molar-refractivity contribution >= 4 is 5.97 Å². The monoisotopic (exact) mass is 268 g/mol. The lowest BCUT2D eigenvalue weighted by Gasteiger charge is -2.37. The molecule has 0 heterocycles. The van der Waals surface area contributed by atoms with Crippen LogP contribution in [0.2, 0.25) is 0 Å². The number of rotatable bonds is 2. The van der Waals surface area contributed by atoms with Crippen LogP contribution in [0.3, 0.4) is 0 Å². The van der Waals surface area contributed by atoms with Crippen molar-refractivity contribution in [1.82, 2.24) is 0 Å². The average Bonchev–Trinajstić information content (AvgIpc) is 2.26. The lowest BCUT2D eigenvalue weighted by atomic mass is 9.72. The summed E-state index contributed by atoms with van der Waals surface area (Å²) in [5.74, 6) is 0.710. The van der Waals surface area contributed by atoms with E-state index in [0.29, 0.717) is 5.41 Å². The highest BCUT2D eigenvalue weighted by Gasteiger charge is 2.33. The summed E-state index contributed by atoms with van der Waals surface area (Å²) in [5, 5.41) is 0. The lowest BCUT2D eigenvalue weighted by Crippen LogP contribution is -2.34. The Morgan fingerprint density at radius 2 is 1.47 bits per heavy atom. The summed E-state index contributed by atoms with van der Waals surface area (Å²) < 4.78 is 5.70. The summed E-state index contributed by atoms with van der Waals surface area (Å²) >= 11 is 0. The van der Waals surface area contributed by atoms with Crippen molar-refractivity contribution in [3.05, 3.63) is 0 Å². The predicted octanol–water partition coefficient (Wildman–Crippen LogP) is 4.82. The average molecular weight is 268 g/mol. The quantitative estimate of drug-likeness (QED) is 0.671. The molecule has 1 unspecified atom stereocenters. The van der Waals surface area contributed by atoms with Crippen molar-refractivity contribution in [1.29, 1.82) is 0 Å². The van der Waals surface area contributed by atoms with E-state index in [9.17, 15) is 4.79 Å². The van der Waals surface area contributed by atoms with Gasteiger partial charge in [-0.1, -0.05) is 48.5 Å². The van der Waals surface area contributed by atoms with Crippen LogP contribution >= 0.6 is 0 Å². The van der Waals surface area contributed by atoms with Crippen LogP contribution in [0.5, 0.6) is 0 Å². The molecule has 0 aromatic heterocycles. The van der Waals surface area contributed by atoms with Gasteiger partial charge in [0.25, 0.3) is 0 Å². The third-order valence-electron chi connectivity index (χ3n) is 4.83. The van der Waals surface area contributed by atoms with Crippen molar-refractivity contribution in [3.63, 3.8) is 0 Å². The van der Waals surface area contributed by atoms with E-state index < -0.39 is 0 Å². The SMILES string of the molecule is CC(C(=O)OC1CCC(C(C)(C)C)CC1)C(C)(C)C. The summed E-state index contributed by atoms with van der Waals surface area (Å²) in [6, 6.07) is 0. The van der Waals surface area contributed by atoms with Crippen LogP contribution in [-0.4, -0.2) is 12.1 Å². The zero-order valence-corrected chi connectivity index (χ0v) is 13.9. The van der Waals surface area contributed by atoms with E-state index in [0.717, 1.165) is 18.8 Å². The van der Waals surface area contributed by atoms with Crippen LogP contribution in [0.1, 0.15) is 74.1 Å². The third-order valence-corrected chi connectivity index (χ3v) is 4.83. The highest BCUT2D eigenvalue weighted by molar-refractivity contribution is 5.73. The molecule has 1 atom stereocenters.